The lowest BCUT2D eigenvalue weighted by atomic mass is 10.1. The molecule has 0 saturated carbocycles. The van der Waals surface area contributed by atoms with Gasteiger partial charge in [-0.25, -0.2) is 4.79 Å². The predicted molar refractivity (Wildman–Crippen MR) is 79.9 cm³/mol. The van der Waals surface area contributed by atoms with Crippen molar-refractivity contribution in [2.75, 3.05) is 6.54 Å². The Hall–Kier alpha value is -2.83. The van der Waals surface area contributed by atoms with Gasteiger partial charge in [-0.2, -0.15) is 5.10 Å². The molecule has 0 unspecified atom stereocenters. The van der Waals surface area contributed by atoms with E-state index >= 15 is 0 Å². The van der Waals surface area contributed by atoms with Crippen LogP contribution in [0.1, 0.15) is 11.1 Å². The SMILES string of the molecule is O=C1NC[C@@H](C(=O)NCc2ccccc2Cn2cccn2)N1. The van der Waals surface area contributed by atoms with Crippen LogP contribution in [0.15, 0.2) is 42.7 Å². The molecular formula is C15H17N5O2. The first-order valence-corrected chi connectivity index (χ1v) is 7.08. The van der Waals surface area contributed by atoms with Crippen LogP contribution in [0, 0.1) is 0 Å². The summed E-state index contributed by atoms with van der Waals surface area (Å²) < 4.78 is 1.84. The molecule has 1 aliphatic heterocycles. The summed E-state index contributed by atoms with van der Waals surface area (Å²) in [6.45, 7) is 1.39. The summed E-state index contributed by atoms with van der Waals surface area (Å²) in [5.74, 6) is -0.188. The van der Waals surface area contributed by atoms with E-state index < -0.39 is 6.04 Å². The molecule has 7 nitrogen and oxygen atoms in total. The van der Waals surface area contributed by atoms with Crippen LogP contribution in [0.25, 0.3) is 0 Å². The molecule has 1 aliphatic rings. The largest absolute Gasteiger partial charge is 0.350 e. The van der Waals surface area contributed by atoms with E-state index in [1.807, 2.05) is 41.2 Å². The van der Waals surface area contributed by atoms with Crippen molar-refractivity contribution in [3.63, 3.8) is 0 Å². The Balaban J connectivity index is 1.62. The Kier molecular flexibility index (Phi) is 4.04. The van der Waals surface area contributed by atoms with Gasteiger partial charge in [-0.05, 0) is 17.2 Å². The molecule has 3 N–H and O–H groups in total. The van der Waals surface area contributed by atoms with Gasteiger partial charge in [-0.3, -0.25) is 9.48 Å². The average Bonchev–Trinajstić information content (AvgIpc) is 3.18. The standard InChI is InChI=1S/C15H17N5O2/c21-14(13-9-17-15(22)19-13)16-8-11-4-1-2-5-12(11)10-20-7-3-6-18-20/h1-7,13H,8-10H2,(H,16,21)(H2,17,19,22)/t13-/m0/s1. The van der Waals surface area contributed by atoms with Crippen molar-refractivity contribution >= 4 is 11.9 Å². The van der Waals surface area contributed by atoms with Gasteiger partial charge in [-0.1, -0.05) is 24.3 Å². The van der Waals surface area contributed by atoms with E-state index in [9.17, 15) is 9.59 Å². The number of carbonyl (C=O) groups excluding carboxylic acids is 2. The summed E-state index contributed by atoms with van der Waals surface area (Å²) in [4.78, 5) is 23.1. The highest BCUT2D eigenvalue weighted by molar-refractivity contribution is 5.90. The van der Waals surface area contributed by atoms with Crippen LogP contribution < -0.4 is 16.0 Å². The van der Waals surface area contributed by atoms with Gasteiger partial charge < -0.3 is 16.0 Å². The summed E-state index contributed by atoms with van der Waals surface area (Å²) in [6.07, 6.45) is 3.63. The van der Waals surface area contributed by atoms with E-state index in [4.69, 9.17) is 0 Å². The van der Waals surface area contributed by atoms with Crippen molar-refractivity contribution in [3.05, 3.63) is 53.9 Å². The van der Waals surface area contributed by atoms with E-state index in [0.29, 0.717) is 19.6 Å². The molecule has 1 atom stereocenters. The monoisotopic (exact) mass is 299 g/mol. The first-order valence-electron chi connectivity index (χ1n) is 7.08. The topological polar surface area (TPSA) is 88.1 Å². The summed E-state index contributed by atoms with van der Waals surface area (Å²) >= 11 is 0. The number of hydrogen-bond acceptors (Lipinski definition) is 3. The highest BCUT2D eigenvalue weighted by Crippen LogP contribution is 2.10. The molecule has 114 valence electrons. The fourth-order valence-corrected chi connectivity index (χ4v) is 2.37. The Labute approximate surface area is 127 Å². The molecule has 0 aliphatic carbocycles. The maximum absolute atomic E-state index is 12.0. The fourth-order valence-electron chi connectivity index (χ4n) is 2.37. The number of amides is 3. The molecule has 1 fully saturated rings. The van der Waals surface area contributed by atoms with Gasteiger partial charge >= 0.3 is 6.03 Å². The fraction of sp³-hybridized carbons (Fsp3) is 0.267. The molecule has 1 aromatic heterocycles. The van der Waals surface area contributed by atoms with Crippen molar-refractivity contribution in [2.45, 2.75) is 19.1 Å². The third-order valence-electron chi connectivity index (χ3n) is 3.55. The minimum atomic E-state index is -0.509. The zero-order valence-electron chi connectivity index (χ0n) is 12.0. The van der Waals surface area contributed by atoms with Gasteiger partial charge in [0, 0.05) is 25.5 Å². The second kappa shape index (κ2) is 6.30. The number of hydrogen-bond donors (Lipinski definition) is 3. The lowest BCUT2D eigenvalue weighted by Crippen LogP contribution is -2.42. The Morgan fingerprint density at radius 1 is 1.32 bits per heavy atom. The quantitative estimate of drug-likeness (QED) is 0.738. The van der Waals surface area contributed by atoms with Gasteiger partial charge in [0.15, 0.2) is 0 Å². The van der Waals surface area contributed by atoms with Gasteiger partial charge in [0.05, 0.1) is 6.54 Å². The number of aromatic nitrogens is 2. The number of nitrogens with zero attached hydrogens (tertiary/aromatic N) is 2. The maximum atomic E-state index is 12.0. The number of nitrogens with one attached hydrogen (secondary N) is 3. The van der Waals surface area contributed by atoms with Crippen LogP contribution in [-0.4, -0.2) is 34.3 Å². The highest BCUT2D eigenvalue weighted by atomic mass is 16.2. The first kappa shape index (κ1) is 14.1. The van der Waals surface area contributed by atoms with Crippen molar-refractivity contribution < 1.29 is 9.59 Å². The average molecular weight is 299 g/mol. The zero-order valence-corrected chi connectivity index (χ0v) is 12.0. The second-order valence-corrected chi connectivity index (χ2v) is 5.10. The smallest absolute Gasteiger partial charge is 0.315 e. The normalized spacial score (nSPS) is 16.9. The van der Waals surface area contributed by atoms with Crippen molar-refractivity contribution in [1.29, 1.82) is 0 Å². The van der Waals surface area contributed by atoms with Crippen molar-refractivity contribution in [1.82, 2.24) is 25.7 Å². The summed E-state index contributed by atoms with van der Waals surface area (Å²) in [5.41, 5.74) is 2.13. The molecule has 3 rings (SSSR count). The predicted octanol–water partition coefficient (Wildman–Crippen LogP) is 0.229. The molecule has 22 heavy (non-hydrogen) atoms. The van der Waals surface area contributed by atoms with Gasteiger partial charge in [0.25, 0.3) is 0 Å². The minimum Gasteiger partial charge on any atom is -0.350 e. The maximum Gasteiger partial charge on any atom is 0.315 e. The van der Waals surface area contributed by atoms with Crippen LogP contribution in [0.4, 0.5) is 4.79 Å². The molecule has 7 heteroatoms. The molecule has 0 radical (unpaired) electrons. The lowest BCUT2D eigenvalue weighted by molar-refractivity contribution is -0.122. The molecule has 0 bridgehead atoms. The van der Waals surface area contributed by atoms with E-state index in [0.717, 1.165) is 11.1 Å². The minimum absolute atomic E-state index is 0.188. The Morgan fingerprint density at radius 2 is 2.14 bits per heavy atom. The summed E-state index contributed by atoms with van der Waals surface area (Å²) in [7, 11) is 0. The van der Waals surface area contributed by atoms with Crippen LogP contribution in [0.2, 0.25) is 0 Å². The van der Waals surface area contributed by atoms with E-state index in [1.54, 1.807) is 6.20 Å². The molecule has 2 aromatic rings. The second-order valence-electron chi connectivity index (χ2n) is 5.10. The number of rotatable bonds is 5. The van der Waals surface area contributed by atoms with Gasteiger partial charge in [0.2, 0.25) is 5.91 Å². The van der Waals surface area contributed by atoms with Crippen molar-refractivity contribution in [2.24, 2.45) is 0 Å². The Bertz CT molecular complexity index is 668. The van der Waals surface area contributed by atoms with Crippen molar-refractivity contribution in [3.8, 4) is 0 Å². The molecule has 2 heterocycles. The van der Waals surface area contributed by atoms with Crippen LogP contribution in [0.5, 0.6) is 0 Å². The Morgan fingerprint density at radius 3 is 2.82 bits per heavy atom. The van der Waals surface area contributed by atoms with Crippen LogP contribution >= 0.6 is 0 Å². The van der Waals surface area contributed by atoms with E-state index in [2.05, 4.69) is 21.0 Å². The van der Waals surface area contributed by atoms with E-state index in [1.165, 1.54) is 0 Å². The first-order chi connectivity index (χ1) is 10.7. The third kappa shape index (κ3) is 3.25. The van der Waals surface area contributed by atoms with Gasteiger partial charge in [0.1, 0.15) is 6.04 Å². The summed E-state index contributed by atoms with van der Waals surface area (Å²) in [6, 6.07) is 8.95. The van der Waals surface area contributed by atoms with Gasteiger partial charge in [-0.15, -0.1) is 0 Å². The number of benzene rings is 1. The summed E-state index contributed by atoms with van der Waals surface area (Å²) in [5, 5.41) is 12.2. The van der Waals surface area contributed by atoms with Crippen LogP contribution in [0.3, 0.4) is 0 Å². The molecule has 1 saturated heterocycles. The molecule has 0 spiro atoms. The lowest BCUT2D eigenvalue weighted by Gasteiger charge is -2.13. The number of urea groups is 1. The molecule has 1 aromatic carbocycles. The number of carbonyl (C=O) groups is 2. The van der Waals surface area contributed by atoms with Crippen LogP contribution in [-0.2, 0) is 17.9 Å². The zero-order chi connectivity index (χ0) is 15.4. The van der Waals surface area contributed by atoms with E-state index in [-0.39, 0.29) is 11.9 Å². The third-order valence-corrected chi connectivity index (χ3v) is 3.55. The highest BCUT2D eigenvalue weighted by Gasteiger charge is 2.26. The molecule has 3 amide bonds. The molecular weight excluding hydrogens is 282 g/mol.